The van der Waals surface area contributed by atoms with E-state index < -0.39 is 0 Å². The van der Waals surface area contributed by atoms with Crippen molar-refractivity contribution in [1.82, 2.24) is 0 Å². The first-order valence-corrected chi connectivity index (χ1v) is 7.39. The number of hydrogen-bond donors (Lipinski definition) is 1. The van der Waals surface area contributed by atoms with E-state index >= 15 is 0 Å². The van der Waals surface area contributed by atoms with Crippen molar-refractivity contribution in [3.8, 4) is 5.75 Å². The molecule has 106 valence electrons. The minimum absolute atomic E-state index is 0.00406. The molecule has 2 rings (SSSR count). The van der Waals surface area contributed by atoms with Gasteiger partial charge in [-0.1, -0.05) is 13.8 Å². The van der Waals surface area contributed by atoms with Gasteiger partial charge in [0, 0.05) is 20.0 Å². The van der Waals surface area contributed by atoms with Gasteiger partial charge in [0.15, 0.2) is 11.5 Å². The number of nitrogens with zero attached hydrogens (tertiary/aromatic N) is 1. The number of nitrogen functional groups attached to an aromatic ring is 1. The Labute approximate surface area is 118 Å². The highest BCUT2D eigenvalue weighted by molar-refractivity contribution is 7.19. The molecule has 1 aliphatic heterocycles. The van der Waals surface area contributed by atoms with Gasteiger partial charge in [0.25, 0.3) is 0 Å². The fourth-order valence-corrected chi connectivity index (χ4v) is 3.54. The van der Waals surface area contributed by atoms with Crippen molar-refractivity contribution in [1.29, 1.82) is 0 Å². The molecule has 0 aromatic carbocycles. The van der Waals surface area contributed by atoms with E-state index in [-0.39, 0.29) is 5.78 Å². The van der Waals surface area contributed by atoms with Crippen LogP contribution in [0.5, 0.6) is 5.75 Å². The fourth-order valence-electron chi connectivity index (χ4n) is 2.40. The molecule has 0 amide bonds. The summed E-state index contributed by atoms with van der Waals surface area (Å²) < 4.78 is 5.40. The van der Waals surface area contributed by atoms with E-state index in [1.165, 1.54) is 11.3 Å². The highest BCUT2D eigenvalue weighted by atomic mass is 32.1. The summed E-state index contributed by atoms with van der Waals surface area (Å²) in [4.78, 5) is 14.5. The van der Waals surface area contributed by atoms with Crippen LogP contribution >= 0.6 is 11.3 Å². The lowest BCUT2D eigenvalue weighted by Gasteiger charge is -2.37. The van der Waals surface area contributed by atoms with Gasteiger partial charge in [-0.3, -0.25) is 4.79 Å². The van der Waals surface area contributed by atoms with Crippen LogP contribution < -0.4 is 15.4 Å². The van der Waals surface area contributed by atoms with Crippen molar-refractivity contribution in [3.63, 3.8) is 0 Å². The van der Waals surface area contributed by atoms with Crippen molar-refractivity contribution in [3.05, 3.63) is 4.88 Å². The highest BCUT2D eigenvalue weighted by Gasteiger charge is 2.29. The number of methoxy groups -OCH3 is 1. The molecule has 1 aromatic rings. The molecule has 1 aromatic heterocycles. The van der Waals surface area contributed by atoms with Gasteiger partial charge in [0.2, 0.25) is 0 Å². The number of ether oxygens (including phenoxy) is 1. The minimum Gasteiger partial charge on any atom is -0.492 e. The van der Waals surface area contributed by atoms with Crippen molar-refractivity contribution < 1.29 is 9.53 Å². The second kappa shape index (κ2) is 5.04. The number of carbonyl (C=O) groups is 1. The Kier molecular flexibility index (Phi) is 3.76. The molecule has 0 unspecified atom stereocenters. The molecule has 1 saturated heterocycles. The second-order valence-electron chi connectivity index (χ2n) is 5.89. The summed E-state index contributed by atoms with van der Waals surface area (Å²) in [5.74, 6) is 0.666. The van der Waals surface area contributed by atoms with Crippen LogP contribution in [0.3, 0.4) is 0 Å². The SMILES string of the molecule is COc1c(N2CCC(C)(C)CC2)sc(C(C)=O)c1N. The van der Waals surface area contributed by atoms with Gasteiger partial charge in [-0.2, -0.15) is 0 Å². The third kappa shape index (κ3) is 2.71. The zero-order valence-corrected chi connectivity index (χ0v) is 12.9. The zero-order chi connectivity index (χ0) is 14.2. The van der Waals surface area contributed by atoms with E-state index in [0.29, 0.717) is 21.7 Å². The highest BCUT2D eigenvalue weighted by Crippen LogP contribution is 2.46. The molecule has 0 radical (unpaired) electrons. The largest absolute Gasteiger partial charge is 0.492 e. The summed E-state index contributed by atoms with van der Waals surface area (Å²) in [6, 6.07) is 0. The van der Waals surface area contributed by atoms with Crippen LogP contribution in [-0.2, 0) is 0 Å². The van der Waals surface area contributed by atoms with E-state index in [4.69, 9.17) is 10.5 Å². The molecule has 0 saturated carbocycles. The minimum atomic E-state index is 0.00406. The molecule has 0 spiro atoms. The van der Waals surface area contributed by atoms with Crippen LogP contribution in [0.1, 0.15) is 43.3 Å². The quantitative estimate of drug-likeness (QED) is 0.865. The lowest BCUT2D eigenvalue weighted by molar-refractivity contribution is 0.102. The number of anilines is 2. The Bertz CT molecular complexity index is 484. The first kappa shape index (κ1) is 14.2. The molecule has 0 aliphatic carbocycles. The molecule has 5 heteroatoms. The maximum absolute atomic E-state index is 11.6. The van der Waals surface area contributed by atoms with Crippen LogP contribution in [0.25, 0.3) is 0 Å². The average molecular weight is 282 g/mol. The second-order valence-corrected chi connectivity index (χ2v) is 6.89. The first-order valence-electron chi connectivity index (χ1n) is 6.58. The maximum atomic E-state index is 11.6. The predicted octanol–water partition coefficient (Wildman–Crippen LogP) is 3.17. The third-order valence-electron chi connectivity index (χ3n) is 3.81. The van der Waals surface area contributed by atoms with Gasteiger partial charge in [-0.15, -0.1) is 11.3 Å². The van der Waals surface area contributed by atoms with Crippen molar-refractivity contribution in [2.75, 3.05) is 30.8 Å². The Hall–Kier alpha value is -1.23. The molecular formula is C14H22N2O2S. The van der Waals surface area contributed by atoms with Gasteiger partial charge in [0.05, 0.1) is 17.7 Å². The topological polar surface area (TPSA) is 55.6 Å². The normalized spacial score (nSPS) is 18.4. The molecule has 2 N–H and O–H groups in total. The fraction of sp³-hybridized carbons (Fsp3) is 0.643. The number of thiophene rings is 1. The Morgan fingerprint density at radius 2 is 1.95 bits per heavy atom. The van der Waals surface area contributed by atoms with E-state index in [1.54, 1.807) is 14.0 Å². The number of carbonyl (C=O) groups excluding carboxylic acids is 1. The number of piperidine rings is 1. The predicted molar refractivity (Wildman–Crippen MR) is 80.5 cm³/mol. The molecule has 1 aliphatic rings. The lowest BCUT2D eigenvalue weighted by Crippen LogP contribution is -2.37. The van der Waals surface area contributed by atoms with E-state index in [2.05, 4.69) is 18.7 Å². The number of Topliss-reactive ketones (excluding diaryl/α,β-unsaturated/α-hetero) is 1. The van der Waals surface area contributed by atoms with Crippen molar-refractivity contribution >= 4 is 27.8 Å². The maximum Gasteiger partial charge on any atom is 0.177 e. The van der Waals surface area contributed by atoms with Crippen LogP contribution in [-0.4, -0.2) is 26.0 Å². The van der Waals surface area contributed by atoms with Crippen LogP contribution in [0.4, 0.5) is 10.7 Å². The smallest absolute Gasteiger partial charge is 0.177 e. The monoisotopic (exact) mass is 282 g/mol. The lowest BCUT2D eigenvalue weighted by atomic mass is 9.83. The van der Waals surface area contributed by atoms with Crippen molar-refractivity contribution in [2.24, 2.45) is 5.41 Å². The summed E-state index contributed by atoms with van der Waals surface area (Å²) in [7, 11) is 1.61. The standard InChI is InChI=1S/C14H22N2O2S/c1-9(17)12-10(15)11(18-4)13(19-12)16-7-5-14(2,3)6-8-16/h5-8,15H2,1-4H3. The summed E-state index contributed by atoms with van der Waals surface area (Å²) in [6.07, 6.45) is 2.28. The van der Waals surface area contributed by atoms with Gasteiger partial charge in [-0.05, 0) is 18.3 Å². The van der Waals surface area contributed by atoms with Gasteiger partial charge in [-0.25, -0.2) is 0 Å². The Balaban J connectivity index is 2.30. The zero-order valence-electron chi connectivity index (χ0n) is 12.1. The molecule has 19 heavy (non-hydrogen) atoms. The summed E-state index contributed by atoms with van der Waals surface area (Å²) in [5, 5.41) is 1.00. The third-order valence-corrected chi connectivity index (χ3v) is 5.16. The Morgan fingerprint density at radius 3 is 2.42 bits per heavy atom. The van der Waals surface area contributed by atoms with Crippen LogP contribution in [0.2, 0.25) is 0 Å². The summed E-state index contributed by atoms with van der Waals surface area (Å²) >= 11 is 1.45. The van der Waals surface area contributed by atoms with Gasteiger partial charge < -0.3 is 15.4 Å². The number of ketones is 1. The molecule has 1 fully saturated rings. The Morgan fingerprint density at radius 1 is 1.37 bits per heavy atom. The van der Waals surface area contributed by atoms with E-state index in [0.717, 1.165) is 30.9 Å². The molecular weight excluding hydrogens is 260 g/mol. The molecule has 0 atom stereocenters. The number of hydrogen-bond acceptors (Lipinski definition) is 5. The molecule has 4 nitrogen and oxygen atoms in total. The summed E-state index contributed by atoms with van der Waals surface area (Å²) in [5.41, 5.74) is 6.90. The van der Waals surface area contributed by atoms with Crippen LogP contribution in [0.15, 0.2) is 0 Å². The molecule has 0 bridgehead atoms. The van der Waals surface area contributed by atoms with Crippen LogP contribution in [0, 0.1) is 5.41 Å². The van der Waals surface area contributed by atoms with E-state index in [1.807, 2.05) is 0 Å². The molecule has 2 heterocycles. The summed E-state index contributed by atoms with van der Waals surface area (Å²) in [6.45, 7) is 8.11. The van der Waals surface area contributed by atoms with Gasteiger partial charge in [0.1, 0.15) is 5.00 Å². The number of nitrogens with two attached hydrogens (primary N) is 1. The van der Waals surface area contributed by atoms with Crippen molar-refractivity contribution in [2.45, 2.75) is 33.6 Å². The first-order chi connectivity index (χ1) is 8.85. The average Bonchev–Trinajstić information content (AvgIpc) is 2.66. The number of rotatable bonds is 3. The van der Waals surface area contributed by atoms with E-state index in [9.17, 15) is 4.79 Å². The van der Waals surface area contributed by atoms with Gasteiger partial charge >= 0.3 is 0 Å².